The van der Waals surface area contributed by atoms with E-state index in [1.165, 1.54) is 12.0 Å². The summed E-state index contributed by atoms with van der Waals surface area (Å²) in [6, 6.07) is 5.12. The normalized spacial score (nSPS) is 20.9. The third-order valence-corrected chi connectivity index (χ3v) is 5.47. The van der Waals surface area contributed by atoms with Gasteiger partial charge in [0.15, 0.2) is 6.10 Å². The molecule has 0 saturated carbocycles. The highest BCUT2D eigenvalue weighted by Gasteiger charge is 2.44. The fourth-order valence-corrected chi connectivity index (χ4v) is 3.92. The Hall–Kier alpha value is -3.47. The van der Waals surface area contributed by atoms with Gasteiger partial charge in [-0.3, -0.25) is 19.2 Å². The van der Waals surface area contributed by atoms with Crippen molar-refractivity contribution in [3.8, 4) is 0 Å². The molecule has 11 nitrogen and oxygen atoms in total. The van der Waals surface area contributed by atoms with Gasteiger partial charge in [0.05, 0.1) is 26.1 Å². The lowest BCUT2D eigenvalue weighted by Crippen LogP contribution is -2.56. The first kappa shape index (κ1) is 26.1. The zero-order chi connectivity index (χ0) is 25.9. The Bertz CT molecular complexity index is 1030. The first-order valence-electron chi connectivity index (χ1n) is 11.2. The van der Waals surface area contributed by atoms with E-state index in [1.807, 2.05) is 0 Å². The molecule has 2 aliphatic heterocycles. The van der Waals surface area contributed by atoms with Crippen molar-refractivity contribution in [3.63, 3.8) is 0 Å². The van der Waals surface area contributed by atoms with Crippen molar-refractivity contribution < 1.29 is 42.9 Å². The molecule has 1 aromatic carbocycles. The minimum Gasteiger partial charge on any atom is -0.469 e. The van der Waals surface area contributed by atoms with Crippen LogP contribution in [-0.4, -0.2) is 67.8 Å². The van der Waals surface area contributed by atoms with E-state index in [0.717, 1.165) is 12.5 Å². The number of rotatable bonds is 6. The molecular weight excluding hydrogens is 460 g/mol. The summed E-state index contributed by atoms with van der Waals surface area (Å²) >= 11 is 0. The van der Waals surface area contributed by atoms with Crippen molar-refractivity contribution in [2.75, 3.05) is 30.5 Å². The molecule has 190 valence electrons. The molecule has 2 heterocycles. The van der Waals surface area contributed by atoms with E-state index < -0.39 is 47.5 Å². The zero-order valence-electron chi connectivity index (χ0n) is 20.4. The van der Waals surface area contributed by atoms with Gasteiger partial charge in [-0.05, 0) is 44.9 Å². The molecular formula is C24H30N2O9. The van der Waals surface area contributed by atoms with Crippen molar-refractivity contribution >= 4 is 41.1 Å². The predicted octanol–water partition coefficient (Wildman–Crippen LogP) is 1.37. The number of amides is 2. The van der Waals surface area contributed by atoms with E-state index in [1.54, 1.807) is 39.0 Å². The van der Waals surface area contributed by atoms with Crippen molar-refractivity contribution in [1.82, 2.24) is 0 Å². The Morgan fingerprint density at radius 3 is 2.57 bits per heavy atom. The highest BCUT2D eigenvalue weighted by atomic mass is 16.6. The largest absolute Gasteiger partial charge is 0.469 e. The minimum absolute atomic E-state index is 0.0324. The molecule has 1 fully saturated rings. The fraction of sp³-hybridized carbons (Fsp3) is 0.542. The van der Waals surface area contributed by atoms with Crippen LogP contribution in [0, 0.1) is 5.92 Å². The van der Waals surface area contributed by atoms with E-state index in [2.05, 4.69) is 10.1 Å². The Balaban J connectivity index is 1.82. The SMILES string of the molecule is COC(=O)CC1Cc2ccc(N3CCO[C@H]([C@@H](OC(C)=O)C(=O)OC(C)(C)C)C3=O)cc2NC1=O. The number of morpholine rings is 1. The molecule has 1 N–H and O–H groups in total. The summed E-state index contributed by atoms with van der Waals surface area (Å²) in [5.74, 6) is -3.56. The Labute approximate surface area is 203 Å². The quantitative estimate of drug-likeness (QED) is 0.463. The van der Waals surface area contributed by atoms with E-state index in [-0.39, 0.29) is 25.5 Å². The van der Waals surface area contributed by atoms with Crippen LogP contribution in [-0.2, 0) is 49.3 Å². The molecule has 3 atom stereocenters. The lowest BCUT2D eigenvalue weighted by atomic mass is 9.90. The number of fused-ring (bicyclic) bond motifs is 1. The third kappa shape index (κ3) is 6.36. The molecule has 0 aliphatic carbocycles. The summed E-state index contributed by atoms with van der Waals surface area (Å²) in [6.07, 6.45) is -2.64. The lowest BCUT2D eigenvalue weighted by molar-refractivity contribution is -0.188. The average molecular weight is 491 g/mol. The maximum Gasteiger partial charge on any atom is 0.351 e. The first-order chi connectivity index (χ1) is 16.4. The van der Waals surface area contributed by atoms with Gasteiger partial charge in [-0.15, -0.1) is 0 Å². The number of esters is 3. The molecule has 1 unspecified atom stereocenters. The number of carbonyl (C=O) groups is 5. The van der Waals surface area contributed by atoms with Crippen molar-refractivity contribution in [1.29, 1.82) is 0 Å². The number of nitrogens with one attached hydrogen (secondary N) is 1. The van der Waals surface area contributed by atoms with Gasteiger partial charge in [-0.25, -0.2) is 4.79 Å². The first-order valence-corrected chi connectivity index (χ1v) is 11.2. The van der Waals surface area contributed by atoms with Gasteiger partial charge in [-0.1, -0.05) is 6.07 Å². The molecule has 3 rings (SSSR count). The summed E-state index contributed by atoms with van der Waals surface area (Å²) in [5, 5.41) is 2.78. The highest BCUT2D eigenvalue weighted by Crippen LogP contribution is 2.32. The highest BCUT2D eigenvalue weighted by molar-refractivity contribution is 6.02. The number of benzene rings is 1. The van der Waals surface area contributed by atoms with Gasteiger partial charge in [-0.2, -0.15) is 0 Å². The second kappa shape index (κ2) is 10.4. The second-order valence-corrected chi connectivity index (χ2v) is 9.36. The Morgan fingerprint density at radius 2 is 1.94 bits per heavy atom. The topological polar surface area (TPSA) is 138 Å². The maximum absolute atomic E-state index is 13.3. The Kier molecular flexibility index (Phi) is 7.79. The van der Waals surface area contributed by atoms with Gasteiger partial charge in [0.1, 0.15) is 5.60 Å². The number of hydrogen-bond acceptors (Lipinski definition) is 9. The number of carbonyl (C=O) groups excluding carboxylic acids is 5. The van der Waals surface area contributed by atoms with Crippen LogP contribution < -0.4 is 10.2 Å². The van der Waals surface area contributed by atoms with E-state index in [0.29, 0.717) is 17.8 Å². The monoisotopic (exact) mass is 490 g/mol. The lowest BCUT2D eigenvalue weighted by Gasteiger charge is -2.36. The average Bonchev–Trinajstić information content (AvgIpc) is 2.76. The number of methoxy groups -OCH3 is 1. The number of nitrogens with zero attached hydrogens (tertiary/aromatic N) is 1. The van der Waals surface area contributed by atoms with Crippen molar-refractivity contribution in [3.05, 3.63) is 23.8 Å². The van der Waals surface area contributed by atoms with Crippen LogP contribution in [0.2, 0.25) is 0 Å². The van der Waals surface area contributed by atoms with Crippen LogP contribution in [0.25, 0.3) is 0 Å². The zero-order valence-corrected chi connectivity index (χ0v) is 20.4. The number of ether oxygens (including phenoxy) is 4. The standard InChI is InChI=1S/C24H30N2O9/c1-13(27)34-20(23(31)35-24(2,3)4)19-22(30)26(8-9-33-19)16-7-6-14-10-15(11-18(28)32-5)21(29)25-17(14)12-16/h6-7,12,15,19-20H,8-11H2,1-5H3,(H,25,29)/t15?,19-,20-/m1/s1. The van der Waals surface area contributed by atoms with Crippen LogP contribution in [0.5, 0.6) is 0 Å². The van der Waals surface area contributed by atoms with E-state index >= 15 is 0 Å². The molecule has 0 aromatic heterocycles. The van der Waals surface area contributed by atoms with Crippen LogP contribution >= 0.6 is 0 Å². The summed E-state index contributed by atoms with van der Waals surface area (Å²) < 4.78 is 20.7. The van der Waals surface area contributed by atoms with Gasteiger partial charge >= 0.3 is 17.9 Å². The van der Waals surface area contributed by atoms with Gasteiger partial charge in [0, 0.05) is 24.8 Å². The third-order valence-electron chi connectivity index (χ3n) is 5.47. The molecule has 1 aromatic rings. The van der Waals surface area contributed by atoms with Gasteiger partial charge in [0.2, 0.25) is 12.0 Å². The van der Waals surface area contributed by atoms with E-state index in [4.69, 9.17) is 14.2 Å². The molecule has 2 aliphatic rings. The maximum atomic E-state index is 13.3. The second-order valence-electron chi connectivity index (χ2n) is 9.36. The van der Waals surface area contributed by atoms with Crippen molar-refractivity contribution in [2.24, 2.45) is 5.92 Å². The molecule has 1 saturated heterocycles. The van der Waals surface area contributed by atoms with Gasteiger partial charge < -0.3 is 29.2 Å². The summed E-state index contributed by atoms with van der Waals surface area (Å²) in [4.78, 5) is 63.1. The van der Waals surface area contributed by atoms with Crippen LogP contribution in [0.1, 0.15) is 39.7 Å². The van der Waals surface area contributed by atoms with Crippen LogP contribution in [0.3, 0.4) is 0 Å². The summed E-state index contributed by atoms with van der Waals surface area (Å²) in [7, 11) is 1.27. The minimum atomic E-state index is -1.57. The molecule has 0 radical (unpaired) electrons. The molecule has 0 bridgehead atoms. The molecule has 0 spiro atoms. The van der Waals surface area contributed by atoms with Crippen molar-refractivity contribution in [2.45, 2.75) is 58.3 Å². The smallest absolute Gasteiger partial charge is 0.351 e. The number of hydrogen-bond donors (Lipinski definition) is 1. The van der Waals surface area contributed by atoms with Crippen LogP contribution in [0.15, 0.2) is 18.2 Å². The Morgan fingerprint density at radius 1 is 1.23 bits per heavy atom. The molecule has 35 heavy (non-hydrogen) atoms. The summed E-state index contributed by atoms with van der Waals surface area (Å²) in [5.41, 5.74) is 0.939. The van der Waals surface area contributed by atoms with Crippen LogP contribution in [0.4, 0.5) is 11.4 Å². The summed E-state index contributed by atoms with van der Waals surface area (Å²) in [6.45, 7) is 6.37. The number of anilines is 2. The molecule has 11 heteroatoms. The van der Waals surface area contributed by atoms with Gasteiger partial charge in [0.25, 0.3) is 5.91 Å². The van der Waals surface area contributed by atoms with E-state index in [9.17, 15) is 24.0 Å². The predicted molar refractivity (Wildman–Crippen MR) is 122 cm³/mol. The fourth-order valence-electron chi connectivity index (χ4n) is 3.92. The molecule has 2 amide bonds.